The Morgan fingerprint density at radius 3 is 1.94 bits per heavy atom. The molecule has 174 valence electrons. The number of nitrogens with one attached hydrogen (secondary N) is 1. The van der Waals surface area contributed by atoms with E-state index >= 15 is 0 Å². The average molecular weight is 511 g/mol. The zero-order chi connectivity index (χ0) is 23.9. The van der Waals surface area contributed by atoms with Crippen LogP contribution in [0.3, 0.4) is 0 Å². The van der Waals surface area contributed by atoms with Gasteiger partial charge in [0.25, 0.3) is 0 Å². The maximum absolute atomic E-state index is 13.2. The first-order chi connectivity index (χ1) is 16.3. The molecule has 4 aromatic rings. The van der Waals surface area contributed by atoms with Gasteiger partial charge in [-0.1, -0.05) is 77.8 Å². The first kappa shape index (κ1) is 23.3. The molecule has 0 aliphatic carbocycles. The number of hydrogen-bond acceptors (Lipinski definition) is 3. The predicted molar refractivity (Wildman–Crippen MR) is 139 cm³/mol. The molecular weight excluding hydrogens is 487 g/mol. The number of fused-ring (bicyclic) bond motifs is 1. The van der Waals surface area contributed by atoms with E-state index in [4.69, 9.17) is 23.2 Å². The largest absolute Gasteiger partial charge is 0.286 e. The van der Waals surface area contributed by atoms with Crippen LogP contribution in [-0.4, -0.2) is 31.9 Å². The van der Waals surface area contributed by atoms with Crippen LogP contribution in [0.15, 0.2) is 95.9 Å². The van der Waals surface area contributed by atoms with Crippen LogP contribution in [0.1, 0.15) is 24.1 Å². The Balaban J connectivity index is 1.38. The van der Waals surface area contributed by atoms with Gasteiger partial charge >= 0.3 is 0 Å². The second kappa shape index (κ2) is 9.33. The summed E-state index contributed by atoms with van der Waals surface area (Å²) < 4.78 is 29.2. The molecule has 4 aromatic carbocycles. The molecule has 0 aromatic heterocycles. The minimum Gasteiger partial charge on any atom is -0.286 e. The second-order valence-corrected chi connectivity index (χ2v) is 11.3. The third kappa shape index (κ3) is 4.59. The molecule has 4 nitrogen and oxygen atoms in total. The van der Waals surface area contributed by atoms with E-state index in [0.717, 1.165) is 21.9 Å². The zero-order valence-electron chi connectivity index (χ0n) is 18.5. The van der Waals surface area contributed by atoms with Crippen molar-refractivity contribution in [3.63, 3.8) is 0 Å². The number of rotatable bonds is 6. The molecule has 0 saturated carbocycles. The molecule has 1 aliphatic heterocycles. The number of benzene rings is 4. The molecule has 0 radical (unpaired) electrons. The van der Waals surface area contributed by atoms with Gasteiger partial charge in [-0.05, 0) is 65.2 Å². The molecule has 2 atom stereocenters. The Kier molecular flexibility index (Phi) is 6.40. The molecule has 0 unspecified atom stereocenters. The lowest BCUT2D eigenvalue weighted by Gasteiger charge is -2.50. The van der Waals surface area contributed by atoms with Crippen molar-refractivity contribution in [2.75, 3.05) is 6.54 Å². The SMILES string of the molecule is C[C@@H]1[C@@H](NS(=O)(=O)c2ccc3ccccc3c2)CN1C(c1ccc(Cl)cc1)c1ccc(Cl)cc1. The van der Waals surface area contributed by atoms with E-state index in [1.165, 1.54) is 0 Å². The van der Waals surface area contributed by atoms with Gasteiger partial charge in [-0.15, -0.1) is 0 Å². The Bertz CT molecular complexity index is 1380. The van der Waals surface area contributed by atoms with Gasteiger partial charge in [-0.25, -0.2) is 13.1 Å². The van der Waals surface area contributed by atoms with E-state index in [-0.39, 0.29) is 23.0 Å². The number of hydrogen-bond donors (Lipinski definition) is 1. The molecule has 1 saturated heterocycles. The van der Waals surface area contributed by atoms with E-state index in [9.17, 15) is 8.42 Å². The Morgan fingerprint density at radius 1 is 0.824 bits per heavy atom. The van der Waals surface area contributed by atoms with Crippen LogP contribution < -0.4 is 4.72 Å². The highest BCUT2D eigenvalue weighted by molar-refractivity contribution is 7.89. The normalized spacial score (nSPS) is 18.8. The van der Waals surface area contributed by atoms with E-state index < -0.39 is 10.0 Å². The average Bonchev–Trinajstić information content (AvgIpc) is 2.84. The van der Waals surface area contributed by atoms with Crippen LogP contribution in [0.25, 0.3) is 10.8 Å². The van der Waals surface area contributed by atoms with Gasteiger partial charge in [0.05, 0.1) is 17.0 Å². The van der Waals surface area contributed by atoms with Gasteiger partial charge < -0.3 is 0 Å². The number of sulfonamides is 1. The molecule has 34 heavy (non-hydrogen) atoms. The standard InChI is InChI=1S/C27H24Cl2N2O2S/c1-18-26(30-34(32,33)25-15-10-19-4-2-3-5-22(19)16-25)17-31(18)27(20-6-11-23(28)12-7-20)21-8-13-24(29)14-9-21/h2-16,18,26-27,30H,17H2,1H3/t18-,26+/m1/s1. The third-order valence-electron chi connectivity index (χ3n) is 6.55. The first-order valence-corrected chi connectivity index (χ1v) is 13.3. The lowest BCUT2D eigenvalue weighted by atomic mass is 9.89. The topological polar surface area (TPSA) is 49.4 Å². The van der Waals surface area contributed by atoms with Crippen molar-refractivity contribution in [3.05, 3.63) is 112 Å². The van der Waals surface area contributed by atoms with Crippen LogP contribution in [-0.2, 0) is 10.0 Å². The Labute approximate surface area is 210 Å². The van der Waals surface area contributed by atoms with Gasteiger partial charge in [0, 0.05) is 22.6 Å². The molecule has 1 heterocycles. The molecule has 0 spiro atoms. The number of nitrogens with zero attached hydrogens (tertiary/aromatic N) is 1. The molecule has 1 aliphatic rings. The molecule has 1 N–H and O–H groups in total. The van der Waals surface area contributed by atoms with Crippen molar-refractivity contribution in [1.29, 1.82) is 0 Å². The molecule has 5 rings (SSSR count). The highest BCUT2D eigenvalue weighted by atomic mass is 35.5. The van der Waals surface area contributed by atoms with Crippen molar-refractivity contribution < 1.29 is 8.42 Å². The van der Waals surface area contributed by atoms with E-state index in [2.05, 4.69) is 16.5 Å². The van der Waals surface area contributed by atoms with Crippen molar-refractivity contribution in [3.8, 4) is 0 Å². The minimum absolute atomic E-state index is 0.00779. The van der Waals surface area contributed by atoms with Gasteiger partial charge in [0.2, 0.25) is 10.0 Å². The lowest BCUT2D eigenvalue weighted by molar-refractivity contribution is 0.0370. The third-order valence-corrected chi connectivity index (χ3v) is 8.55. The fourth-order valence-corrected chi connectivity index (χ4v) is 6.17. The molecule has 0 bridgehead atoms. The van der Waals surface area contributed by atoms with Crippen molar-refractivity contribution >= 4 is 44.0 Å². The summed E-state index contributed by atoms with van der Waals surface area (Å²) >= 11 is 12.2. The first-order valence-electron chi connectivity index (χ1n) is 11.1. The summed E-state index contributed by atoms with van der Waals surface area (Å²) in [5.74, 6) is 0. The minimum atomic E-state index is -3.65. The van der Waals surface area contributed by atoms with Gasteiger partial charge in [0.15, 0.2) is 0 Å². The van der Waals surface area contributed by atoms with E-state index in [1.807, 2.05) is 78.9 Å². The monoisotopic (exact) mass is 510 g/mol. The Morgan fingerprint density at radius 2 is 1.38 bits per heavy atom. The smallest absolute Gasteiger partial charge is 0.240 e. The van der Waals surface area contributed by atoms with Gasteiger partial charge in [0.1, 0.15) is 0 Å². The number of halogens is 2. The summed E-state index contributed by atoms with van der Waals surface area (Å²) in [4.78, 5) is 2.57. The predicted octanol–water partition coefficient (Wildman–Crippen LogP) is 6.29. The maximum atomic E-state index is 13.2. The quantitative estimate of drug-likeness (QED) is 0.331. The summed E-state index contributed by atoms with van der Waals surface area (Å²) in [5.41, 5.74) is 2.18. The summed E-state index contributed by atoms with van der Waals surface area (Å²) in [7, 11) is -3.65. The second-order valence-electron chi connectivity index (χ2n) is 8.68. The zero-order valence-corrected chi connectivity index (χ0v) is 20.9. The summed E-state index contributed by atoms with van der Waals surface area (Å²) in [6, 6.07) is 28.3. The van der Waals surface area contributed by atoms with E-state index in [0.29, 0.717) is 16.6 Å². The van der Waals surface area contributed by atoms with Crippen LogP contribution >= 0.6 is 23.2 Å². The van der Waals surface area contributed by atoms with Gasteiger partial charge in [-0.3, -0.25) is 4.90 Å². The molecule has 7 heteroatoms. The fourth-order valence-electron chi connectivity index (χ4n) is 4.58. The van der Waals surface area contributed by atoms with Gasteiger partial charge in [-0.2, -0.15) is 0 Å². The summed E-state index contributed by atoms with van der Waals surface area (Å²) in [5, 5.41) is 3.27. The highest BCUT2D eigenvalue weighted by Crippen LogP contribution is 2.37. The lowest BCUT2D eigenvalue weighted by Crippen LogP contribution is -2.66. The number of likely N-dealkylation sites (tertiary alicyclic amines) is 1. The van der Waals surface area contributed by atoms with Crippen molar-refractivity contribution in [2.24, 2.45) is 0 Å². The van der Waals surface area contributed by atoms with Crippen LogP contribution in [0.5, 0.6) is 0 Å². The van der Waals surface area contributed by atoms with Crippen LogP contribution in [0.4, 0.5) is 0 Å². The maximum Gasteiger partial charge on any atom is 0.240 e. The van der Waals surface area contributed by atoms with Crippen molar-refractivity contribution in [1.82, 2.24) is 9.62 Å². The summed E-state index contributed by atoms with van der Waals surface area (Å²) in [6.07, 6.45) is 0. The Hall–Kier alpha value is -2.41. The molecular formula is C27H24Cl2N2O2S. The molecule has 1 fully saturated rings. The van der Waals surface area contributed by atoms with E-state index in [1.54, 1.807) is 12.1 Å². The summed E-state index contributed by atoms with van der Waals surface area (Å²) in [6.45, 7) is 2.64. The highest BCUT2D eigenvalue weighted by Gasteiger charge is 2.42. The fraction of sp³-hybridized carbons (Fsp3) is 0.185. The molecule has 0 amide bonds. The van der Waals surface area contributed by atoms with Crippen LogP contribution in [0.2, 0.25) is 10.0 Å². The van der Waals surface area contributed by atoms with Crippen molar-refractivity contribution in [2.45, 2.75) is 29.9 Å². The van der Waals surface area contributed by atoms with Crippen LogP contribution in [0, 0.1) is 0 Å².